The van der Waals surface area contributed by atoms with E-state index < -0.39 is 0 Å². The van der Waals surface area contributed by atoms with Gasteiger partial charge in [-0.1, -0.05) is 12.2 Å². The van der Waals surface area contributed by atoms with Crippen molar-refractivity contribution in [3.63, 3.8) is 0 Å². The fourth-order valence-electron chi connectivity index (χ4n) is 0.628. The van der Waals surface area contributed by atoms with Crippen LogP contribution in [0.25, 0.3) is 0 Å². The monoisotopic (exact) mass is 129 g/mol. The molecule has 0 saturated carbocycles. The molecule has 0 bridgehead atoms. The van der Waals surface area contributed by atoms with Crippen molar-refractivity contribution in [1.29, 1.82) is 10.7 Å². The average molecular weight is 129 g/mol. The third kappa shape index (κ3) is 1.22. The molecule has 0 aliphatic heterocycles. The number of nitriles is 1. The van der Waals surface area contributed by atoms with Gasteiger partial charge in [-0.2, -0.15) is 5.26 Å². The van der Waals surface area contributed by atoms with Gasteiger partial charge >= 0.3 is 0 Å². The van der Waals surface area contributed by atoms with Gasteiger partial charge in [0.25, 0.3) is 0 Å². The van der Waals surface area contributed by atoms with Crippen LogP contribution in [0.2, 0.25) is 0 Å². The minimum absolute atomic E-state index is 0.610. The molecule has 0 unspecified atom stereocenters. The van der Waals surface area contributed by atoms with E-state index in [-0.39, 0.29) is 0 Å². The molecule has 1 radical (unpaired) electrons. The molecule has 1 aliphatic carbocycles. The fraction of sp³-hybridized carbons (Fsp3) is 0. The Kier molecular flexibility index (Phi) is 1.84. The molecule has 0 spiro atoms. The van der Waals surface area contributed by atoms with E-state index in [0.717, 1.165) is 0 Å². The molecule has 1 rings (SSSR count). The van der Waals surface area contributed by atoms with E-state index >= 15 is 0 Å². The van der Waals surface area contributed by atoms with Gasteiger partial charge < -0.3 is 0 Å². The van der Waals surface area contributed by atoms with Crippen LogP contribution in [0.15, 0.2) is 29.9 Å². The van der Waals surface area contributed by atoms with Crippen molar-refractivity contribution in [3.8, 4) is 6.07 Å². The Morgan fingerprint density at radius 1 is 1.20 bits per heavy atom. The van der Waals surface area contributed by atoms with Crippen LogP contribution in [0, 0.1) is 22.7 Å². The normalized spacial score (nSPS) is 16.5. The second-order valence-electron chi connectivity index (χ2n) is 1.81. The van der Waals surface area contributed by atoms with E-state index in [4.69, 9.17) is 10.7 Å². The minimum Gasteiger partial charge on any atom is -0.258 e. The topological polar surface area (TPSA) is 47.6 Å². The summed E-state index contributed by atoms with van der Waals surface area (Å²) >= 11 is 0. The first-order valence-electron chi connectivity index (χ1n) is 2.79. The van der Waals surface area contributed by atoms with Gasteiger partial charge in [-0.05, 0) is 18.0 Å². The predicted molar refractivity (Wildman–Crippen MR) is 38.4 cm³/mol. The summed E-state index contributed by atoms with van der Waals surface area (Å²) in [6, 6.07) is 1.99. The molecule has 0 fully saturated rings. The first-order valence-corrected chi connectivity index (χ1v) is 2.79. The van der Waals surface area contributed by atoms with Crippen molar-refractivity contribution in [2.45, 2.75) is 0 Å². The maximum atomic E-state index is 8.38. The first-order chi connectivity index (χ1) is 4.86. The summed E-state index contributed by atoms with van der Waals surface area (Å²) in [5.41, 5.74) is 0.694. The SMILES string of the molecule is N#C[C]1C=CC(=C=N)C=C1. The lowest BCUT2D eigenvalue weighted by Crippen LogP contribution is -1.88. The highest BCUT2D eigenvalue weighted by molar-refractivity contribution is 5.66. The maximum Gasteiger partial charge on any atom is 0.120 e. The van der Waals surface area contributed by atoms with Gasteiger partial charge in [0, 0.05) is 5.57 Å². The predicted octanol–water partition coefficient (Wildman–Crippen LogP) is 1.39. The van der Waals surface area contributed by atoms with E-state index in [2.05, 4.69) is 5.87 Å². The van der Waals surface area contributed by atoms with Gasteiger partial charge in [0.1, 0.15) is 5.92 Å². The van der Waals surface area contributed by atoms with Gasteiger partial charge in [-0.3, -0.25) is 5.41 Å². The Labute approximate surface area is 59.3 Å². The van der Waals surface area contributed by atoms with E-state index in [1.165, 1.54) is 0 Å². The second-order valence-corrected chi connectivity index (χ2v) is 1.81. The highest BCUT2D eigenvalue weighted by atomic mass is 14.3. The highest BCUT2D eigenvalue weighted by Gasteiger charge is 2.02. The van der Waals surface area contributed by atoms with Crippen LogP contribution in [0.3, 0.4) is 0 Å². The van der Waals surface area contributed by atoms with E-state index in [9.17, 15) is 0 Å². The molecule has 0 aromatic heterocycles. The molecule has 1 N–H and O–H groups in total. The van der Waals surface area contributed by atoms with Crippen molar-refractivity contribution in [2.24, 2.45) is 0 Å². The smallest absolute Gasteiger partial charge is 0.120 e. The van der Waals surface area contributed by atoms with Crippen LogP contribution in [0.1, 0.15) is 0 Å². The summed E-state index contributed by atoms with van der Waals surface area (Å²) in [4.78, 5) is 0. The number of allylic oxidation sites excluding steroid dienone is 5. The Morgan fingerprint density at radius 2 is 1.80 bits per heavy atom. The lowest BCUT2D eigenvalue weighted by molar-refractivity contribution is 1.39. The molecule has 2 heteroatoms. The van der Waals surface area contributed by atoms with Crippen LogP contribution in [0.4, 0.5) is 0 Å². The van der Waals surface area contributed by atoms with Crippen LogP contribution >= 0.6 is 0 Å². The largest absolute Gasteiger partial charge is 0.258 e. The summed E-state index contributed by atoms with van der Waals surface area (Å²) in [5.74, 6) is 2.83. The van der Waals surface area contributed by atoms with Gasteiger partial charge in [0.2, 0.25) is 0 Å². The Bertz CT molecular complexity index is 256. The summed E-state index contributed by atoms with van der Waals surface area (Å²) in [7, 11) is 0. The third-order valence-corrected chi connectivity index (χ3v) is 1.16. The zero-order valence-electron chi connectivity index (χ0n) is 5.26. The standard InChI is InChI=1S/C8H5N2/c9-5-7-1-2-8(6-10)4-3-7/h1-4,9H. The molecule has 0 saturated heterocycles. The van der Waals surface area contributed by atoms with Crippen molar-refractivity contribution < 1.29 is 0 Å². The lowest BCUT2D eigenvalue weighted by Gasteiger charge is -1.98. The molecule has 1 aliphatic rings. The van der Waals surface area contributed by atoms with Crippen LogP contribution in [-0.4, -0.2) is 5.87 Å². The van der Waals surface area contributed by atoms with Crippen molar-refractivity contribution in [1.82, 2.24) is 0 Å². The molecule has 0 heterocycles. The zero-order valence-corrected chi connectivity index (χ0v) is 5.26. The summed E-state index contributed by atoms with van der Waals surface area (Å²) in [5, 5.41) is 15.1. The molecule has 2 nitrogen and oxygen atoms in total. The molecule has 0 aromatic rings. The van der Waals surface area contributed by atoms with Crippen molar-refractivity contribution in [3.05, 3.63) is 35.8 Å². The van der Waals surface area contributed by atoms with Gasteiger partial charge in [0.05, 0.1) is 6.07 Å². The Hall–Kier alpha value is -1.58. The zero-order chi connectivity index (χ0) is 7.40. The Morgan fingerprint density at radius 3 is 2.20 bits per heavy atom. The van der Waals surface area contributed by atoms with E-state index in [1.807, 2.05) is 6.07 Å². The van der Waals surface area contributed by atoms with E-state index in [0.29, 0.717) is 11.5 Å². The summed E-state index contributed by atoms with van der Waals surface area (Å²) in [6.45, 7) is 0. The van der Waals surface area contributed by atoms with Crippen molar-refractivity contribution >= 4 is 5.87 Å². The Balaban J connectivity index is 2.83. The number of nitrogens with one attached hydrogen (secondary N) is 1. The molecule has 0 amide bonds. The van der Waals surface area contributed by atoms with Crippen molar-refractivity contribution in [2.75, 3.05) is 0 Å². The molecule has 10 heavy (non-hydrogen) atoms. The number of hydrogen-bond donors (Lipinski definition) is 1. The number of hydrogen-bond acceptors (Lipinski definition) is 2. The fourth-order valence-corrected chi connectivity index (χ4v) is 0.628. The molecule has 0 atom stereocenters. The van der Waals surface area contributed by atoms with Crippen LogP contribution in [0.5, 0.6) is 0 Å². The first kappa shape index (κ1) is 6.54. The maximum absolute atomic E-state index is 8.38. The summed E-state index contributed by atoms with van der Waals surface area (Å²) < 4.78 is 0. The molecule has 47 valence electrons. The van der Waals surface area contributed by atoms with E-state index in [1.54, 1.807) is 24.3 Å². The molecular weight excluding hydrogens is 124 g/mol. The average Bonchev–Trinajstić information content (AvgIpc) is 2.05. The quantitative estimate of drug-likeness (QED) is 0.493. The summed E-state index contributed by atoms with van der Waals surface area (Å²) in [6.07, 6.45) is 6.70. The van der Waals surface area contributed by atoms with Crippen LogP contribution < -0.4 is 0 Å². The highest BCUT2D eigenvalue weighted by Crippen LogP contribution is 2.11. The number of rotatable bonds is 0. The second kappa shape index (κ2) is 2.82. The minimum atomic E-state index is 0.610. The number of nitrogens with zero attached hydrogens (tertiary/aromatic N) is 1. The van der Waals surface area contributed by atoms with Gasteiger partial charge in [0.15, 0.2) is 0 Å². The molecule has 0 aromatic carbocycles. The van der Waals surface area contributed by atoms with Gasteiger partial charge in [-0.25, -0.2) is 0 Å². The molecular formula is C8H5N2. The third-order valence-electron chi connectivity index (χ3n) is 1.16. The lowest BCUT2D eigenvalue weighted by atomic mass is 10.0. The van der Waals surface area contributed by atoms with Crippen LogP contribution in [-0.2, 0) is 0 Å². The van der Waals surface area contributed by atoms with Gasteiger partial charge in [-0.15, -0.1) is 0 Å².